The van der Waals surface area contributed by atoms with Crippen LogP contribution in [0.5, 0.6) is 17.2 Å². The molecule has 2 aromatic rings. The smallest absolute Gasteiger partial charge is 0.416 e. The first kappa shape index (κ1) is 33.6. The van der Waals surface area contributed by atoms with Crippen LogP contribution in [0.1, 0.15) is 76.9 Å². The van der Waals surface area contributed by atoms with E-state index >= 15 is 0 Å². The second-order valence-electron chi connectivity index (χ2n) is 10.1. The average molecular weight is 582 g/mol. The van der Waals surface area contributed by atoms with Crippen molar-refractivity contribution in [2.24, 2.45) is 17.8 Å². The van der Waals surface area contributed by atoms with Crippen LogP contribution < -0.4 is 14.2 Å². The molecule has 0 unspecified atom stereocenters. The number of methoxy groups -OCH3 is 1. The van der Waals surface area contributed by atoms with Crippen LogP contribution in [0, 0.1) is 17.8 Å². The Morgan fingerprint density at radius 2 is 1.59 bits per heavy atom. The van der Waals surface area contributed by atoms with E-state index in [9.17, 15) is 27.6 Å². The summed E-state index contributed by atoms with van der Waals surface area (Å²) >= 11 is 0. The lowest BCUT2D eigenvalue weighted by atomic mass is 9.89. The van der Waals surface area contributed by atoms with Gasteiger partial charge in [-0.15, -0.1) is 0 Å². The fourth-order valence-corrected chi connectivity index (χ4v) is 4.47. The van der Waals surface area contributed by atoms with Gasteiger partial charge in [0.1, 0.15) is 18.0 Å². The molecule has 0 amide bonds. The summed E-state index contributed by atoms with van der Waals surface area (Å²) in [5.74, 6) is -2.84. The van der Waals surface area contributed by atoms with Gasteiger partial charge in [-0.05, 0) is 55.9 Å². The number of esters is 2. The molecule has 0 saturated heterocycles. The molecule has 1 aromatic carbocycles. The summed E-state index contributed by atoms with van der Waals surface area (Å²) in [7, 11) is 1.36. The second kappa shape index (κ2) is 14.8. The summed E-state index contributed by atoms with van der Waals surface area (Å²) in [6.07, 6.45) is -3.48. The highest BCUT2D eigenvalue weighted by Crippen LogP contribution is 2.34. The lowest BCUT2D eigenvalue weighted by molar-refractivity contribution is -0.161. The van der Waals surface area contributed by atoms with E-state index in [-0.39, 0.29) is 41.2 Å². The number of alkyl halides is 3. The molecule has 0 aliphatic rings. The van der Waals surface area contributed by atoms with Crippen LogP contribution >= 0.6 is 0 Å². The van der Waals surface area contributed by atoms with E-state index in [0.29, 0.717) is 12.8 Å². The Morgan fingerprint density at radius 1 is 0.976 bits per heavy atom. The van der Waals surface area contributed by atoms with Crippen molar-refractivity contribution >= 4 is 17.7 Å². The third-order valence-corrected chi connectivity index (χ3v) is 6.84. The normalized spacial score (nSPS) is 13.9. The van der Waals surface area contributed by atoms with Gasteiger partial charge in [-0.1, -0.05) is 27.7 Å². The fourth-order valence-electron chi connectivity index (χ4n) is 4.47. The van der Waals surface area contributed by atoms with Gasteiger partial charge in [0.05, 0.1) is 18.6 Å². The van der Waals surface area contributed by atoms with E-state index in [0.717, 1.165) is 12.1 Å². The third kappa shape index (κ3) is 9.19. The van der Waals surface area contributed by atoms with Gasteiger partial charge in [-0.25, -0.2) is 4.98 Å². The minimum absolute atomic E-state index is 0.0634. The summed E-state index contributed by atoms with van der Waals surface area (Å²) in [5, 5.41) is 0. The standard InChI is InChI=1S/C30H38F3NO7/c1-8-20(9-2)27(41-22-12-10-21(11-13-22)30(31,32)33)18(5)39-29(37)23(17(3)4)16-24(36)26-28(40-19(6)35)25(38-7)14-15-34-26/h10-15,17-18,20,23,27H,8-9,16H2,1-7H3/t18-,23-,27-/m0/s1. The number of nitrogens with zero attached hydrogens (tertiary/aromatic N) is 1. The highest BCUT2D eigenvalue weighted by atomic mass is 19.4. The monoisotopic (exact) mass is 581 g/mol. The Hall–Kier alpha value is -3.63. The number of pyridine rings is 1. The van der Waals surface area contributed by atoms with Crippen LogP contribution in [0.4, 0.5) is 13.2 Å². The van der Waals surface area contributed by atoms with Crippen LogP contribution in [0.15, 0.2) is 36.5 Å². The number of halogens is 3. The number of Topliss-reactive ketones (excluding diaryl/α,β-unsaturated/α-hetero) is 1. The maximum absolute atomic E-state index is 13.4. The van der Waals surface area contributed by atoms with Crippen molar-refractivity contribution in [2.75, 3.05) is 7.11 Å². The summed E-state index contributed by atoms with van der Waals surface area (Å²) in [4.78, 5) is 42.3. The van der Waals surface area contributed by atoms with E-state index in [1.54, 1.807) is 20.8 Å². The largest absolute Gasteiger partial charge is 0.493 e. The van der Waals surface area contributed by atoms with Crippen molar-refractivity contribution in [3.63, 3.8) is 0 Å². The highest BCUT2D eigenvalue weighted by Gasteiger charge is 2.35. The number of carbonyl (C=O) groups excluding carboxylic acids is 3. The molecule has 0 aliphatic carbocycles. The number of ether oxygens (including phenoxy) is 4. The van der Waals surface area contributed by atoms with E-state index in [2.05, 4.69) is 4.98 Å². The van der Waals surface area contributed by atoms with Gasteiger partial charge >= 0.3 is 18.1 Å². The van der Waals surface area contributed by atoms with Gasteiger partial charge in [-0.2, -0.15) is 13.2 Å². The van der Waals surface area contributed by atoms with Crippen molar-refractivity contribution in [3.8, 4) is 17.2 Å². The van der Waals surface area contributed by atoms with E-state index in [1.807, 2.05) is 13.8 Å². The van der Waals surface area contributed by atoms with Crippen LogP contribution in [-0.2, 0) is 20.5 Å². The molecule has 3 atom stereocenters. The van der Waals surface area contributed by atoms with Gasteiger partial charge in [0.15, 0.2) is 17.2 Å². The Morgan fingerprint density at radius 3 is 2.07 bits per heavy atom. The molecule has 0 aliphatic heterocycles. The Labute approximate surface area is 238 Å². The summed E-state index contributed by atoms with van der Waals surface area (Å²) in [6, 6.07) is 5.80. The topological polar surface area (TPSA) is 101 Å². The second-order valence-corrected chi connectivity index (χ2v) is 10.1. The van der Waals surface area contributed by atoms with Crippen molar-refractivity contribution in [1.29, 1.82) is 0 Å². The van der Waals surface area contributed by atoms with Crippen LogP contribution in [-0.4, -0.2) is 42.0 Å². The molecule has 1 heterocycles. The van der Waals surface area contributed by atoms with Crippen molar-refractivity contribution < 1.29 is 46.5 Å². The molecule has 0 bridgehead atoms. The number of hydrogen-bond donors (Lipinski definition) is 0. The molecular formula is C30H38F3NO7. The summed E-state index contributed by atoms with van der Waals surface area (Å²) in [5.41, 5.74) is -0.943. The molecule has 0 spiro atoms. The van der Waals surface area contributed by atoms with Crippen molar-refractivity contribution in [3.05, 3.63) is 47.8 Å². The van der Waals surface area contributed by atoms with Gasteiger partial charge in [0.25, 0.3) is 0 Å². The fraction of sp³-hybridized carbons (Fsp3) is 0.533. The minimum Gasteiger partial charge on any atom is -0.493 e. The molecule has 1 aromatic heterocycles. The van der Waals surface area contributed by atoms with Crippen LogP contribution in [0.3, 0.4) is 0 Å². The molecule has 0 N–H and O–H groups in total. The number of rotatable bonds is 14. The van der Waals surface area contributed by atoms with E-state index in [4.69, 9.17) is 18.9 Å². The Bertz CT molecular complexity index is 1180. The lowest BCUT2D eigenvalue weighted by Crippen LogP contribution is -2.41. The number of benzene rings is 1. The highest BCUT2D eigenvalue weighted by molar-refractivity contribution is 6.00. The zero-order chi connectivity index (χ0) is 30.9. The Balaban J connectivity index is 2.26. The molecule has 41 heavy (non-hydrogen) atoms. The van der Waals surface area contributed by atoms with Gasteiger partial charge in [0, 0.05) is 25.6 Å². The first-order chi connectivity index (χ1) is 19.2. The first-order valence-corrected chi connectivity index (χ1v) is 13.5. The average Bonchev–Trinajstić information content (AvgIpc) is 2.90. The van der Waals surface area contributed by atoms with Gasteiger partial charge in [-0.3, -0.25) is 14.4 Å². The quantitative estimate of drug-likeness (QED) is 0.180. The lowest BCUT2D eigenvalue weighted by Gasteiger charge is -2.32. The zero-order valence-electron chi connectivity index (χ0n) is 24.4. The molecule has 2 rings (SSSR count). The van der Waals surface area contributed by atoms with Gasteiger partial charge < -0.3 is 18.9 Å². The maximum Gasteiger partial charge on any atom is 0.416 e. The molecule has 0 saturated carbocycles. The predicted molar refractivity (Wildman–Crippen MR) is 145 cm³/mol. The first-order valence-electron chi connectivity index (χ1n) is 13.5. The predicted octanol–water partition coefficient (Wildman–Crippen LogP) is 6.69. The number of hydrogen-bond acceptors (Lipinski definition) is 8. The molecule has 0 fully saturated rings. The number of aromatic nitrogens is 1. The number of ketones is 1. The zero-order valence-corrected chi connectivity index (χ0v) is 24.4. The molecular weight excluding hydrogens is 543 g/mol. The van der Waals surface area contributed by atoms with Crippen LogP contribution in [0.2, 0.25) is 0 Å². The third-order valence-electron chi connectivity index (χ3n) is 6.84. The molecule has 226 valence electrons. The molecule has 11 heteroatoms. The Kier molecular flexibility index (Phi) is 12.2. The van der Waals surface area contributed by atoms with E-state index in [1.165, 1.54) is 38.4 Å². The summed E-state index contributed by atoms with van der Waals surface area (Å²) < 4.78 is 61.2. The minimum atomic E-state index is -4.47. The maximum atomic E-state index is 13.4. The van der Waals surface area contributed by atoms with E-state index < -0.39 is 47.6 Å². The van der Waals surface area contributed by atoms with Crippen molar-refractivity contribution in [2.45, 2.75) is 79.2 Å². The van der Waals surface area contributed by atoms with Crippen LogP contribution in [0.25, 0.3) is 0 Å². The SMILES string of the molecule is CCC(CC)[C@@H](Oc1ccc(C(F)(F)F)cc1)[C@H](C)OC(=O)[C@@H](CC(=O)c1nccc(OC)c1OC(C)=O)C(C)C. The number of carbonyl (C=O) groups is 3. The molecule has 8 nitrogen and oxygen atoms in total. The van der Waals surface area contributed by atoms with Gasteiger partial charge in [0.2, 0.25) is 5.75 Å². The summed E-state index contributed by atoms with van der Waals surface area (Å²) in [6.45, 7) is 10.3. The molecule has 0 radical (unpaired) electrons. The van der Waals surface area contributed by atoms with Crippen molar-refractivity contribution in [1.82, 2.24) is 4.98 Å².